The molecule has 0 aliphatic rings. The minimum Gasteiger partial charge on any atom is -0.480 e. The minimum atomic E-state index is -0.902. The maximum atomic E-state index is 10.2. The average molecular weight is 147 g/mol. The number of nitrogens with one attached hydrogen (secondary N) is 1. The van der Waals surface area contributed by atoms with Crippen molar-refractivity contribution in [1.29, 1.82) is 0 Å². The Kier molecular flexibility index (Phi) is 3.99. The lowest BCUT2D eigenvalue weighted by atomic mass is 10.3. The van der Waals surface area contributed by atoms with E-state index in [1.807, 2.05) is 0 Å². The summed E-state index contributed by atoms with van der Waals surface area (Å²) in [6.45, 7) is 3.44. The highest BCUT2D eigenvalue weighted by atomic mass is 16.4. The maximum absolute atomic E-state index is 10.2. The molecule has 0 unspecified atom stereocenters. The molecule has 10 heavy (non-hydrogen) atoms. The van der Waals surface area contributed by atoms with E-state index in [-0.39, 0.29) is 0 Å². The van der Waals surface area contributed by atoms with Crippen molar-refractivity contribution in [3.8, 4) is 0 Å². The van der Waals surface area contributed by atoms with E-state index < -0.39 is 18.1 Å². The molecule has 0 spiro atoms. The monoisotopic (exact) mass is 147 g/mol. The predicted octanol–water partition coefficient (Wildman–Crippen LogP) is -0.570. The molecular weight excluding hydrogens is 134 g/mol. The lowest BCUT2D eigenvalue weighted by molar-refractivity contribution is -0.139. The Morgan fingerprint density at radius 1 is 1.60 bits per heavy atom. The second-order valence-corrected chi connectivity index (χ2v) is 2.32. The maximum Gasteiger partial charge on any atom is 0.320 e. The topological polar surface area (TPSA) is 69.6 Å². The Morgan fingerprint density at radius 2 is 2.10 bits per heavy atom. The van der Waals surface area contributed by atoms with E-state index >= 15 is 0 Å². The lowest BCUT2D eigenvalue weighted by Gasteiger charge is -2.09. The molecule has 0 saturated heterocycles. The van der Waals surface area contributed by atoms with E-state index in [2.05, 4.69) is 5.32 Å². The first-order chi connectivity index (χ1) is 4.54. The minimum absolute atomic E-state index is 0.313. The summed E-state index contributed by atoms with van der Waals surface area (Å²) in [5.41, 5.74) is 0. The van der Waals surface area contributed by atoms with Crippen molar-refractivity contribution in [2.75, 3.05) is 6.54 Å². The first-order valence-corrected chi connectivity index (χ1v) is 3.18. The van der Waals surface area contributed by atoms with E-state index in [1.165, 1.54) is 6.92 Å². The Labute approximate surface area is 59.9 Å². The molecular formula is C6H13NO3. The van der Waals surface area contributed by atoms with E-state index in [0.717, 1.165) is 0 Å². The van der Waals surface area contributed by atoms with Gasteiger partial charge in [0.1, 0.15) is 6.04 Å². The lowest BCUT2D eigenvalue weighted by Crippen LogP contribution is -2.37. The van der Waals surface area contributed by atoms with Gasteiger partial charge in [0, 0.05) is 6.54 Å². The van der Waals surface area contributed by atoms with Crippen LogP contribution in [0.3, 0.4) is 0 Å². The van der Waals surface area contributed by atoms with Gasteiger partial charge in [0.15, 0.2) is 0 Å². The molecule has 0 aromatic rings. The van der Waals surface area contributed by atoms with Crippen molar-refractivity contribution in [3.05, 3.63) is 0 Å². The number of carboxylic acids is 1. The van der Waals surface area contributed by atoms with Gasteiger partial charge in [-0.15, -0.1) is 0 Å². The molecule has 0 heterocycles. The summed E-state index contributed by atoms with van der Waals surface area (Å²) in [6.07, 6.45) is -0.498. The number of carbonyl (C=O) groups is 1. The highest BCUT2D eigenvalue weighted by molar-refractivity contribution is 5.72. The summed E-state index contributed by atoms with van der Waals surface area (Å²) in [6, 6.07) is -0.588. The molecule has 0 aromatic carbocycles. The molecule has 0 fully saturated rings. The van der Waals surface area contributed by atoms with Crippen LogP contribution < -0.4 is 5.32 Å². The molecule has 3 N–H and O–H groups in total. The fourth-order valence-electron chi connectivity index (χ4n) is 0.435. The molecule has 0 aromatic heterocycles. The van der Waals surface area contributed by atoms with Crippen LogP contribution in [0.4, 0.5) is 0 Å². The molecule has 0 bridgehead atoms. The molecule has 0 aliphatic heterocycles. The molecule has 0 saturated carbocycles. The third-order valence-electron chi connectivity index (χ3n) is 1.09. The van der Waals surface area contributed by atoms with E-state index in [4.69, 9.17) is 10.2 Å². The zero-order valence-corrected chi connectivity index (χ0v) is 6.16. The van der Waals surface area contributed by atoms with Gasteiger partial charge in [0.05, 0.1) is 6.10 Å². The number of aliphatic hydroxyl groups excluding tert-OH is 1. The normalized spacial score (nSPS) is 16.3. The van der Waals surface area contributed by atoms with Crippen LogP contribution in [-0.2, 0) is 4.79 Å². The van der Waals surface area contributed by atoms with Crippen molar-refractivity contribution >= 4 is 5.97 Å². The highest BCUT2D eigenvalue weighted by Gasteiger charge is 2.09. The van der Waals surface area contributed by atoms with Crippen LogP contribution in [0.2, 0.25) is 0 Å². The quantitative estimate of drug-likeness (QED) is 0.498. The van der Waals surface area contributed by atoms with Crippen LogP contribution >= 0.6 is 0 Å². The van der Waals surface area contributed by atoms with E-state index in [9.17, 15) is 4.79 Å². The van der Waals surface area contributed by atoms with E-state index in [0.29, 0.717) is 6.54 Å². The third kappa shape index (κ3) is 4.29. The second-order valence-electron chi connectivity index (χ2n) is 2.32. The van der Waals surface area contributed by atoms with Gasteiger partial charge in [0.2, 0.25) is 0 Å². The second kappa shape index (κ2) is 4.24. The Morgan fingerprint density at radius 3 is 2.40 bits per heavy atom. The standard InChI is InChI=1S/C6H13NO3/c1-4(8)3-7-5(2)6(9)10/h4-5,7-8H,3H2,1-2H3,(H,9,10)/t4-,5+/m1/s1. The Hall–Kier alpha value is -0.610. The number of rotatable bonds is 4. The van der Waals surface area contributed by atoms with Gasteiger partial charge in [-0.2, -0.15) is 0 Å². The molecule has 4 nitrogen and oxygen atoms in total. The van der Waals surface area contributed by atoms with E-state index in [1.54, 1.807) is 6.92 Å². The van der Waals surface area contributed by atoms with Crippen molar-refractivity contribution < 1.29 is 15.0 Å². The number of aliphatic carboxylic acids is 1. The van der Waals surface area contributed by atoms with Gasteiger partial charge >= 0.3 is 5.97 Å². The summed E-state index contributed by atoms with van der Waals surface area (Å²) in [5, 5.41) is 19.7. The summed E-state index contributed by atoms with van der Waals surface area (Å²) < 4.78 is 0. The summed E-state index contributed by atoms with van der Waals surface area (Å²) in [4.78, 5) is 10.2. The van der Waals surface area contributed by atoms with Gasteiger partial charge in [-0.1, -0.05) is 0 Å². The first kappa shape index (κ1) is 9.39. The molecule has 2 atom stereocenters. The third-order valence-corrected chi connectivity index (χ3v) is 1.09. The number of hydrogen-bond acceptors (Lipinski definition) is 3. The largest absolute Gasteiger partial charge is 0.480 e. The average Bonchev–Trinajstić information content (AvgIpc) is 1.82. The van der Waals surface area contributed by atoms with Crippen molar-refractivity contribution in [2.24, 2.45) is 0 Å². The van der Waals surface area contributed by atoms with Gasteiger partial charge in [0.25, 0.3) is 0 Å². The molecule has 0 aliphatic carbocycles. The SMILES string of the molecule is C[C@H](NC[C@@H](C)O)C(=O)O. The summed E-state index contributed by atoms with van der Waals surface area (Å²) in [7, 11) is 0. The predicted molar refractivity (Wildman–Crippen MR) is 36.8 cm³/mol. The summed E-state index contributed by atoms with van der Waals surface area (Å²) in [5.74, 6) is -0.902. The van der Waals surface area contributed by atoms with Gasteiger partial charge in [-0.05, 0) is 13.8 Å². The van der Waals surface area contributed by atoms with Crippen LogP contribution in [0.1, 0.15) is 13.8 Å². The van der Waals surface area contributed by atoms with Crippen LogP contribution in [0.25, 0.3) is 0 Å². The van der Waals surface area contributed by atoms with Crippen LogP contribution in [-0.4, -0.2) is 34.9 Å². The Bertz CT molecular complexity index is 114. The number of aliphatic hydroxyl groups is 1. The first-order valence-electron chi connectivity index (χ1n) is 3.18. The highest BCUT2D eigenvalue weighted by Crippen LogP contribution is 1.82. The zero-order valence-electron chi connectivity index (χ0n) is 6.16. The van der Waals surface area contributed by atoms with Crippen LogP contribution in [0.15, 0.2) is 0 Å². The molecule has 0 radical (unpaired) electrons. The fraction of sp³-hybridized carbons (Fsp3) is 0.833. The zero-order chi connectivity index (χ0) is 8.15. The van der Waals surface area contributed by atoms with Crippen molar-refractivity contribution in [2.45, 2.75) is 26.0 Å². The number of carboxylic acid groups (broad SMARTS) is 1. The summed E-state index contributed by atoms with van der Waals surface area (Å²) >= 11 is 0. The molecule has 0 rings (SSSR count). The van der Waals surface area contributed by atoms with Crippen LogP contribution in [0, 0.1) is 0 Å². The van der Waals surface area contributed by atoms with Crippen molar-refractivity contribution in [1.82, 2.24) is 5.32 Å². The van der Waals surface area contributed by atoms with Gasteiger partial charge in [-0.25, -0.2) is 0 Å². The van der Waals surface area contributed by atoms with Crippen LogP contribution in [0.5, 0.6) is 0 Å². The van der Waals surface area contributed by atoms with Gasteiger partial charge < -0.3 is 15.5 Å². The smallest absolute Gasteiger partial charge is 0.320 e. The fourth-order valence-corrected chi connectivity index (χ4v) is 0.435. The van der Waals surface area contributed by atoms with Crippen molar-refractivity contribution in [3.63, 3.8) is 0 Å². The Balaban J connectivity index is 3.40. The van der Waals surface area contributed by atoms with Gasteiger partial charge in [-0.3, -0.25) is 4.79 Å². The molecule has 0 amide bonds. The molecule has 60 valence electrons. The number of hydrogen-bond donors (Lipinski definition) is 3. The molecule has 4 heteroatoms.